The molecule has 1 aromatic rings. The van der Waals surface area contributed by atoms with E-state index >= 15 is 0 Å². The van der Waals surface area contributed by atoms with Gasteiger partial charge in [-0.05, 0) is 49.9 Å². The van der Waals surface area contributed by atoms with Gasteiger partial charge in [0.1, 0.15) is 0 Å². The lowest BCUT2D eigenvalue weighted by Crippen LogP contribution is -2.34. The first-order valence-electron chi connectivity index (χ1n) is 7.09. The van der Waals surface area contributed by atoms with Crippen LogP contribution in [0.2, 0.25) is 0 Å². The molecule has 4 N–H and O–H groups in total. The highest BCUT2D eigenvalue weighted by Gasteiger charge is 2.18. The van der Waals surface area contributed by atoms with E-state index in [0.717, 1.165) is 24.2 Å². The molecule has 1 saturated carbocycles. The molecule has 0 spiro atoms. The van der Waals surface area contributed by atoms with Gasteiger partial charge in [-0.15, -0.1) is 0 Å². The predicted molar refractivity (Wildman–Crippen MR) is 79.2 cm³/mol. The quantitative estimate of drug-likeness (QED) is 0.780. The molecule has 4 heteroatoms. The Labute approximate surface area is 114 Å². The summed E-state index contributed by atoms with van der Waals surface area (Å²) in [5, 5.41) is 6.36. The monoisotopic (exact) mass is 261 g/mol. The number of hydrogen-bond donors (Lipinski definition) is 3. The lowest BCUT2D eigenvalue weighted by atomic mass is 9.91. The molecule has 4 nitrogen and oxygen atoms in total. The average molecular weight is 261 g/mol. The fourth-order valence-corrected chi connectivity index (χ4v) is 2.49. The number of amides is 1. The molecule has 2 rings (SSSR count). The minimum absolute atomic E-state index is 0.0407. The third kappa shape index (κ3) is 4.24. The molecule has 19 heavy (non-hydrogen) atoms. The fraction of sp³-hybridized carbons (Fsp3) is 0.533. The van der Waals surface area contributed by atoms with Gasteiger partial charge in [0.2, 0.25) is 5.91 Å². The number of nitrogens with one attached hydrogen (secondary N) is 2. The molecule has 1 aliphatic carbocycles. The Morgan fingerprint density at radius 3 is 2.58 bits per heavy atom. The minimum Gasteiger partial charge on any atom is -0.382 e. The van der Waals surface area contributed by atoms with Crippen LogP contribution < -0.4 is 16.4 Å². The highest BCUT2D eigenvalue weighted by Crippen LogP contribution is 2.22. The van der Waals surface area contributed by atoms with Gasteiger partial charge in [0.25, 0.3) is 0 Å². The van der Waals surface area contributed by atoms with Crippen molar-refractivity contribution >= 4 is 17.3 Å². The predicted octanol–water partition coefficient (Wildman–Crippen LogP) is 2.72. The average Bonchev–Trinajstić information content (AvgIpc) is 2.41. The van der Waals surface area contributed by atoms with Crippen LogP contribution in [0.15, 0.2) is 24.3 Å². The summed E-state index contributed by atoms with van der Waals surface area (Å²) in [6.45, 7) is 1.84. The second-order valence-corrected chi connectivity index (χ2v) is 5.25. The number of anilines is 2. The van der Waals surface area contributed by atoms with Gasteiger partial charge >= 0.3 is 0 Å². The molecule has 1 aromatic carbocycles. The Bertz CT molecular complexity index is 416. The van der Waals surface area contributed by atoms with Crippen molar-refractivity contribution in [1.29, 1.82) is 0 Å². The standard InChI is InChI=1S/C15H23N3O/c1-2-15(19)18-13-8-6-12(7-9-13)17-14-5-3-4-11(16)10-14/h6-9,11,14,17H,2-5,10,16H2,1H3,(H,18,19). The van der Waals surface area contributed by atoms with E-state index in [2.05, 4.69) is 10.6 Å². The van der Waals surface area contributed by atoms with Crippen LogP contribution >= 0.6 is 0 Å². The Morgan fingerprint density at radius 1 is 1.26 bits per heavy atom. The Balaban J connectivity index is 1.89. The van der Waals surface area contributed by atoms with Gasteiger partial charge in [0.05, 0.1) is 0 Å². The maximum absolute atomic E-state index is 11.3. The van der Waals surface area contributed by atoms with Crippen LogP contribution in [-0.4, -0.2) is 18.0 Å². The zero-order valence-electron chi connectivity index (χ0n) is 11.5. The van der Waals surface area contributed by atoms with E-state index in [4.69, 9.17) is 5.73 Å². The van der Waals surface area contributed by atoms with Gasteiger partial charge in [-0.2, -0.15) is 0 Å². The van der Waals surface area contributed by atoms with E-state index in [1.807, 2.05) is 31.2 Å². The molecule has 0 aliphatic heterocycles. The van der Waals surface area contributed by atoms with Crippen LogP contribution in [0.4, 0.5) is 11.4 Å². The van der Waals surface area contributed by atoms with Crippen molar-refractivity contribution in [2.45, 2.75) is 51.1 Å². The maximum atomic E-state index is 11.3. The Morgan fingerprint density at radius 2 is 1.95 bits per heavy atom. The first-order chi connectivity index (χ1) is 9.17. The van der Waals surface area contributed by atoms with E-state index in [9.17, 15) is 4.79 Å². The molecule has 0 bridgehead atoms. The summed E-state index contributed by atoms with van der Waals surface area (Å²) in [5.41, 5.74) is 7.92. The lowest BCUT2D eigenvalue weighted by Gasteiger charge is -2.28. The number of benzene rings is 1. The number of carbonyl (C=O) groups excluding carboxylic acids is 1. The van der Waals surface area contributed by atoms with Gasteiger partial charge < -0.3 is 16.4 Å². The summed E-state index contributed by atoms with van der Waals surface area (Å²) in [4.78, 5) is 11.3. The number of rotatable bonds is 4. The van der Waals surface area contributed by atoms with Gasteiger partial charge in [0, 0.05) is 29.9 Å². The lowest BCUT2D eigenvalue weighted by molar-refractivity contribution is -0.115. The molecule has 104 valence electrons. The summed E-state index contributed by atoms with van der Waals surface area (Å²) in [5.74, 6) is 0.0407. The van der Waals surface area contributed by atoms with E-state index in [-0.39, 0.29) is 5.91 Å². The van der Waals surface area contributed by atoms with Gasteiger partial charge in [-0.25, -0.2) is 0 Å². The van der Waals surface area contributed by atoms with Gasteiger partial charge in [-0.1, -0.05) is 6.92 Å². The molecule has 1 amide bonds. The van der Waals surface area contributed by atoms with E-state index < -0.39 is 0 Å². The highest BCUT2D eigenvalue weighted by molar-refractivity contribution is 5.90. The summed E-state index contributed by atoms with van der Waals surface area (Å²) in [6, 6.07) is 8.67. The van der Waals surface area contributed by atoms with Crippen LogP contribution in [0.5, 0.6) is 0 Å². The molecular weight excluding hydrogens is 238 g/mol. The molecule has 1 fully saturated rings. The number of hydrogen-bond acceptors (Lipinski definition) is 3. The van der Waals surface area contributed by atoms with Gasteiger partial charge in [-0.3, -0.25) is 4.79 Å². The number of nitrogens with two attached hydrogens (primary N) is 1. The fourth-order valence-electron chi connectivity index (χ4n) is 2.49. The summed E-state index contributed by atoms with van der Waals surface area (Å²) in [7, 11) is 0. The first kappa shape index (κ1) is 13.9. The van der Waals surface area contributed by atoms with Crippen LogP contribution in [0.25, 0.3) is 0 Å². The minimum atomic E-state index is 0.0407. The van der Waals surface area contributed by atoms with Crippen molar-refractivity contribution in [2.75, 3.05) is 10.6 Å². The molecule has 1 aliphatic rings. The van der Waals surface area contributed by atoms with Crippen LogP contribution in [-0.2, 0) is 4.79 Å². The number of carbonyl (C=O) groups is 1. The van der Waals surface area contributed by atoms with Crippen LogP contribution in [0.3, 0.4) is 0 Å². The molecule has 0 heterocycles. The van der Waals surface area contributed by atoms with E-state index in [0.29, 0.717) is 18.5 Å². The second-order valence-electron chi connectivity index (χ2n) is 5.25. The van der Waals surface area contributed by atoms with Crippen LogP contribution in [0.1, 0.15) is 39.0 Å². The zero-order chi connectivity index (χ0) is 13.7. The van der Waals surface area contributed by atoms with E-state index in [1.54, 1.807) is 0 Å². The highest BCUT2D eigenvalue weighted by atomic mass is 16.1. The first-order valence-corrected chi connectivity index (χ1v) is 7.09. The van der Waals surface area contributed by atoms with Crippen molar-refractivity contribution in [3.63, 3.8) is 0 Å². The van der Waals surface area contributed by atoms with Crippen molar-refractivity contribution in [3.05, 3.63) is 24.3 Å². The second kappa shape index (κ2) is 6.57. The summed E-state index contributed by atoms with van der Waals surface area (Å²) < 4.78 is 0. The van der Waals surface area contributed by atoms with Gasteiger partial charge in [0.15, 0.2) is 0 Å². The van der Waals surface area contributed by atoms with E-state index in [1.165, 1.54) is 12.8 Å². The van der Waals surface area contributed by atoms with Crippen LogP contribution in [0, 0.1) is 0 Å². The Hall–Kier alpha value is -1.55. The molecular formula is C15H23N3O. The maximum Gasteiger partial charge on any atom is 0.224 e. The van der Waals surface area contributed by atoms with Crippen molar-refractivity contribution in [1.82, 2.24) is 0 Å². The van der Waals surface area contributed by atoms with Crippen molar-refractivity contribution in [3.8, 4) is 0 Å². The normalized spacial score (nSPS) is 22.8. The third-order valence-corrected chi connectivity index (χ3v) is 3.58. The molecule has 2 unspecified atom stereocenters. The SMILES string of the molecule is CCC(=O)Nc1ccc(NC2CCCC(N)C2)cc1. The largest absolute Gasteiger partial charge is 0.382 e. The topological polar surface area (TPSA) is 67.2 Å². The smallest absolute Gasteiger partial charge is 0.224 e. The Kier molecular flexibility index (Phi) is 4.80. The molecule has 0 saturated heterocycles. The third-order valence-electron chi connectivity index (χ3n) is 3.58. The zero-order valence-corrected chi connectivity index (χ0v) is 11.5. The summed E-state index contributed by atoms with van der Waals surface area (Å²) >= 11 is 0. The molecule has 0 radical (unpaired) electrons. The summed E-state index contributed by atoms with van der Waals surface area (Å²) in [6.07, 6.45) is 5.06. The molecule has 2 atom stereocenters. The molecule has 0 aromatic heterocycles. The van der Waals surface area contributed by atoms with Crippen molar-refractivity contribution < 1.29 is 4.79 Å². The van der Waals surface area contributed by atoms with Crippen molar-refractivity contribution in [2.24, 2.45) is 5.73 Å².